The Labute approximate surface area is 177 Å². The number of piperazine rings is 1. The van der Waals surface area contributed by atoms with Crippen LogP contribution in [-0.4, -0.2) is 67.2 Å². The Morgan fingerprint density at radius 1 is 0.967 bits per heavy atom. The van der Waals surface area contributed by atoms with E-state index >= 15 is 0 Å². The van der Waals surface area contributed by atoms with Crippen molar-refractivity contribution in [1.82, 2.24) is 14.8 Å². The van der Waals surface area contributed by atoms with E-state index in [1.165, 1.54) is 12.8 Å². The third-order valence-electron chi connectivity index (χ3n) is 6.02. The first-order valence-electron chi connectivity index (χ1n) is 10.8. The molecule has 0 bridgehead atoms. The first kappa shape index (κ1) is 21.0. The summed E-state index contributed by atoms with van der Waals surface area (Å²) in [6, 6.07) is 13.1. The fourth-order valence-electron chi connectivity index (χ4n) is 4.54. The molecular weight excluding hydrogens is 386 g/mol. The monoisotopic (exact) mass is 416 g/mol. The van der Waals surface area contributed by atoms with Gasteiger partial charge in [-0.3, -0.25) is 9.80 Å². The molecule has 0 aliphatic carbocycles. The fourth-order valence-corrected chi connectivity index (χ4v) is 4.54. The van der Waals surface area contributed by atoms with Crippen molar-refractivity contribution in [2.45, 2.75) is 26.0 Å². The van der Waals surface area contributed by atoms with E-state index in [4.69, 9.17) is 0 Å². The highest BCUT2D eigenvalue weighted by Gasteiger charge is 2.24. The van der Waals surface area contributed by atoms with Crippen LogP contribution >= 0.6 is 0 Å². The lowest BCUT2D eigenvalue weighted by molar-refractivity contribution is -0.0498. The van der Waals surface area contributed by atoms with E-state index in [2.05, 4.69) is 30.5 Å². The van der Waals surface area contributed by atoms with Gasteiger partial charge in [-0.05, 0) is 55.1 Å². The fraction of sp³-hybridized carbons (Fsp3) is 0.522. The predicted octanol–water partition coefficient (Wildman–Crippen LogP) is 3.72. The summed E-state index contributed by atoms with van der Waals surface area (Å²) >= 11 is 0. The minimum absolute atomic E-state index is 0.218. The Morgan fingerprint density at radius 2 is 1.77 bits per heavy atom. The Balaban J connectivity index is 1.22. The molecule has 3 heterocycles. The van der Waals surface area contributed by atoms with Crippen LogP contribution in [0.2, 0.25) is 0 Å². The Hall–Kier alpha value is -2.25. The predicted molar refractivity (Wildman–Crippen MR) is 114 cm³/mol. The Kier molecular flexibility index (Phi) is 7.12. The summed E-state index contributed by atoms with van der Waals surface area (Å²) in [4.78, 5) is 11.9. The minimum Gasteiger partial charge on any atom is -0.435 e. The second-order valence-electron chi connectivity index (χ2n) is 8.24. The zero-order valence-electron chi connectivity index (χ0n) is 17.3. The molecule has 0 spiro atoms. The van der Waals surface area contributed by atoms with Gasteiger partial charge in [0.05, 0.1) is 0 Å². The van der Waals surface area contributed by atoms with E-state index in [0.717, 1.165) is 63.7 Å². The Bertz CT molecular complexity index is 767. The molecule has 0 N–H and O–H groups in total. The van der Waals surface area contributed by atoms with Crippen molar-refractivity contribution in [3.63, 3.8) is 0 Å². The van der Waals surface area contributed by atoms with E-state index < -0.39 is 6.61 Å². The number of halogens is 2. The molecule has 1 atom stereocenters. The molecule has 2 fully saturated rings. The van der Waals surface area contributed by atoms with Gasteiger partial charge < -0.3 is 9.64 Å². The number of nitrogens with zero attached hydrogens (tertiary/aromatic N) is 4. The number of likely N-dealkylation sites (tertiary alicyclic amines) is 1. The second-order valence-corrected chi connectivity index (χ2v) is 8.24. The van der Waals surface area contributed by atoms with Gasteiger partial charge in [0.15, 0.2) is 0 Å². The molecule has 2 saturated heterocycles. The smallest absolute Gasteiger partial charge is 0.387 e. The van der Waals surface area contributed by atoms with Crippen molar-refractivity contribution >= 4 is 5.82 Å². The summed E-state index contributed by atoms with van der Waals surface area (Å²) in [5.41, 5.74) is 1.14. The summed E-state index contributed by atoms with van der Waals surface area (Å²) in [7, 11) is 0. The van der Waals surface area contributed by atoms with Crippen LogP contribution in [0.4, 0.5) is 14.6 Å². The van der Waals surface area contributed by atoms with Crippen LogP contribution in [0.25, 0.3) is 0 Å². The van der Waals surface area contributed by atoms with E-state index in [9.17, 15) is 8.78 Å². The van der Waals surface area contributed by atoms with Gasteiger partial charge in [-0.25, -0.2) is 4.98 Å². The first-order valence-corrected chi connectivity index (χ1v) is 10.8. The van der Waals surface area contributed by atoms with Crippen LogP contribution in [-0.2, 0) is 6.54 Å². The molecule has 162 valence electrons. The van der Waals surface area contributed by atoms with E-state index in [0.29, 0.717) is 5.92 Å². The highest BCUT2D eigenvalue weighted by molar-refractivity contribution is 5.38. The van der Waals surface area contributed by atoms with Crippen LogP contribution in [0.5, 0.6) is 5.75 Å². The molecule has 0 amide bonds. The summed E-state index contributed by atoms with van der Waals surface area (Å²) < 4.78 is 29.0. The lowest BCUT2D eigenvalue weighted by Gasteiger charge is -2.39. The third-order valence-corrected chi connectivity index (χ3v) is 6.02. The lowest BCUT2D eigenvalue weighted by atomic mass is 9.96. The van der Waals surface area contributed by atoms with Gasteiger partial charge in [-0.2, -0.15) is 8.78 Å². The Morgan fingerprint density at radius 3 is 2.47 bits per heavy atom. The van der Waals surface area contributed by atoms with Gasteiger partial charge >= 0.3 is 6.61 Å². The molecule has 2 aliphatic rings. The number of alkyl halides is 2. The maximum absolute atomic E-state index is 12.3. The van der Waals surface area contributed by atoms with Gasteiger partial charge in [0.2, 0.25) is 0 Å². The molecule has 1 aromatic heterocycles. The zero-order valence-corrected chi connectivity index (χ0v) is 17.3. The molecule has 0 saturated carbocycles. The van der Waals surface area contributed by atoms with E-state index in [-0.39, 0.29) is 5.75 Å². The molecule has 2 aromatic rings. The highest BCUT2D eigenvalue weighted by atomic mass is 19.3. The van der Waals surface area contributed by atoms with Crippen molar-refractivity contribution < 1.29 is 13.5 Å². The lowest BCUT2D eigenvalue weighted by Crippen LogP contribution is -2.49. The number of benzene rings is 1. The average Bonchev–Trinajstić information content (AvgIpc) is 2.76. The first-order chi connectivity index (χ1) is 14.7. The van der Waals surface area contributed by atoms with E-state index in [1.807, 2.05) is 30.5 Å². The largest absolute Gasteiger partial charge is 0.435 e. The van der Waals surface area contributed by atoms with Crippen molar-refractivity contribution in [2.75, 3.05) is 50.7 Å². The summed E-state index contributed by atoms with van der Waals surface area (Å²) in [6.07, 6.45) is 4.35. The minimum atomic E-state index is -2.77. The number of aromatic nitrogens is 1. The highest BCUT2D eigenvalue weighted by Crippen LogP contribution is 2.22. The summed E-state index contributed by atoms with van der Waals surface area (Å²) in [6.45, 7) is 5.64. The molecule has 1 aromatic carbocycles. The number of anilines is 1. The van der Waals surface area contributed by atoms with Crippen LogP contribution in [0.1, 0.15) is 18.4 Å². The van der Waals surface area contributed by atoms with Gasteiger partial charge in [0.1, 0.15) is 11.6 Å². The van der Waals surface area contributed by atoms with Crippen molar-refractivity contribution in [3.8, 4) is 5.75 Å². The third kappa shape index (κ3) is 5.89. The topological polar surface area (TPSA) is 31.8 Å². The van der Waals surface area contributed by atoms with Crippen LogP contribution in [0.15, 0.2) is 48.7 Å². The maximum atomic E-state index is 12.3. The molecule has 1 unspecified atom stereocenters. The second kappa shape index (κ2) is 10.2. The number of hydrogen-bond acceptors (Lipinski definition) is 5. The van der Waals surface area contributed by atoms with Gasteiger partial charge in [0.25, 0.3) is 0 Å². The van der Waals surface area contributed by atoms with Gasteiger partial charge in [0, 0.05) is 52.0 Å². The molecule has 4 rings (SSSR count). The average molecular weight is 417 g/mol. The number of pyridine rings is 1. The molecule has 30 heavy (non-hydrogen) atoms. The zero-order chi connectivity index (χ0) is 20.8. The number of hydrogen-bond donors (Lipinski definition) is 0. The summed E-state index contributed by atoms with van der Waals surface area (Å²) in [5, 5.41) is 0. The number of rotatable bonds is 7. The van der Waals surface area contributed by atoms with E-state index in [1.54, 1.807) is 12.1 Å². The molecule has 0 radical (unpaired) electrons. The van der Waals surface area contributed by atoms with Gasteiger partial charge in [-0.15, -0.1) is 0 Å². The number of ether oxygens (including phenoxy) is 1. The standard InChI is InChI=1S/C23H30F2N4O/c24-23(25)30-21-8-6-19(7-9-21)16-28-11-3-4-20(18-28)17-27-12-14-29(15-13-27)22-5-1-2-10-26-22/h1-2,5-10,20,23H,3-4,11-18H2. The molecule has 5 nitrogen and oxygen atoms in total. The van der Waals surface area contributed by atoms with Crippen molar-refractivity contribution in [3.05, 3.63) is 54.2 Å². The quantitative estimate of drug-likeness (QED) is 0.687. The molecule has 7 heteroatoms. The molecule has 2 aliphatic heterocycles. The molecular formula is C23H30F2N4O. The normalized spacial score (nSPS) is 21.2. The summed E-state index contributed by atoms with van der Waals surface area (Å²) in [5.74, 6) is 1.97. The van der Waals surface area contributed by atoms with Crippen molar-refractivity contribution in [2.24, 2.45) is 5.92 Å². The van der Waals surface area contributed by atoms with Crippen LogP contribution in [0, 0.1) is 5.92 Å². The van der Waals surface area contributed by atoms with Crippen LogP contribution in [0.3, 0.4) is 0 Å². The number of piperidine rings is 1. The SMILES string of the molecule is FC(F)Oc1ccc(CN2CCCC(CN3CCN(c4ccccn4)CC3)C2)cc1. The van der Waals surface area contributed by atoms with Crippen molar-refractivity contribution in [1.29, 1.82) is 0 Å². The van der Waals surface area contributed by atoms with Gasteiger partial charge in [-0.1, -0.05) is 18.2 Å². The van der Waals surface area contributed by atoms with Crippen LogP contribution < -0.4 is 9.64 Å². The maximum Gasteiger partial charge on any atom is 0.387 e.